The Hall–Kier alpha value is 0.250. The first kappa shape index (κ1) is 9.79. The van der Waals surface area contributed by atoms with Gasteiger partial charge < -0.3 is 4.74 Å². The first-order valence-electron chi connectivity index (χ1n) is 5.30. The summed E-state index contributed by atoms with van der Waals surface area (Å²) in [6.07, 6.45) is 5.80. The monoisotopic (exact) mass is 202 g/mol. The zero-order valence-electron chi connectivity index (χ0n) is 8.61. The molecule has 76 valence electrons. The van der Waals surface area contributed by atoms with Crippen molar-refractivity contribution in [3.63, 3.8) is 0 Å². The highest BCUT2D eigenvalue weighted by Crippen LogP contribution is 2.49. The van der Waals surface area contributed by atoms with Gasteiger partial charge in [0.1, 0.15) is 0 Å². The summed E-state index contributed by atoms with van der Waals surface area (Å²) in [5, 5.41) is 0.350. The van der Waals surface area contributed by atoms with Crippen LogP contribution in [0.3, 0.4) is 0 Å². The highest BCUT2D eigenvalue weighted by Gasteiger charge is 2.46. The Balaban J connectivity index is 2.05. The van der Waals surface area contributed by atoms with Crippen molar-refractivity contribution in [2.45, 2.75) is 56.9 Å². The van der Waals surface area contributed by atoms with E-state index in [2.05, 4.69) is 13.8 Å². The lowest BCUT2D eigenvalue weighted by Gasteiger charge is -2.37. The van der Waals surface area contributed by atoms with Crippen molar-refractivity contribution in [3.8, 4) is 0 Å². The summed E-state index contributed by atoms with van der Waals surface area (Å²) in [4.78, 5) is 0. The van der Waals surface area contributed by atoms with E-state index >= 15 is 0 Å². The molecule has 2 unspecified atom stereocenters. The molecule has 0 aromatic rings. The van der Waals surface area contributed by atoms with Crippen molar-refractivity contribution in [2.24, 2.45) is 5.41 Å². The molecule has 1 aliphatic carbocycles. The van der Waals surface area contributed by atoms with E-state index in [9.17, 15) is 0 Å². The lowest BCUT2D eigenvalue weighted by Crippen LogP contribution is -2.38. The summed E-state index contributed by atoms with van der Waals surface area (Å²) >= 11 is 6.20. The van der Waals surface area contributed by atoms with Gasteiger partial charge in [0, 0.05) is 12.0 Å². The van der Waals surface area contributed by atoms with Gasteiger partial charge in [-0.2, -0.15) is 0 Å². The maximum absolute atomic E-state index is 6.20. The fourth-order valence-corrected chi connectivity index (χ4v) is 3.25. The van der Waals surface area contributed by atoms with Gasteiger partial charge in [-0.05, 0) is 37.5 Å². The normalized spacial score (nSPS) is 44.1. The van der Waals surface area contributed by atoms with Crippen LogP contribution in [0, 0.1) is 5.41 Å². The summed E-state index contributed by atoms with van der Waals surface area (Å²) in [5.41, 5.74) is 0.613. The molecule has 2 atom stereocenters. The van der Waals surface area contributed by atoms with E-state index < -0.39 is 0 Å². The standard InChI is InChI=1S/C11H19ClO/c1-10(2)4-5-11(8-10)7-9(12)3-6-13-11/h9H,3-8H2,1-2H3. The van der Waals surface area contributed by atoms with Gasteiger partial charge in [0.05, 0.1) is 5.60 Å². The lowest BCUT2D eigenvalue weighted by molar-refractivity contribution is -0.0767. The van der Waals surface area contributed by atoms with E-state index in [0.29, 0.717) is 10.8 Å². The van der Waals surface area contributed by atoms with Gasteiger partial charge in [-0.15, -0.1) is 11.6 Å². The number of hydrogen-bond donors (Lipinski definition) is 0. The molecule has 0 amide bonds. The second kappa shape index (κ2) is 3.13. The third-order valence-electron chi connectivity index (χ3n) is 3.49. The van der Waals surface area contributed by atoms with E-state index in [4.69, 9.17) is 16.3 Å². The van der Waals surface area contributed by atoms with Crippen molar-refractivity contribution in [1.29, 1.82) is 0 Å². The van der Waals surface area contributed by atoms with E-state index in [1.54, 1.807) is 0 Å². The molecule has 1 heterocycles. The molecule has 1 aliphatic heterocycles. The number of alkyl halides is 1. The molecule has 0 radical (unpaired) electrons. The van der Waals surface area contributed by atoms with Crippen molar-refractivity contribution >= 4 is 11.6 Å². The first-order chi connectivity index (χ1) is 6.02. The van der Waals surface area contributed by atoms with Crippen LogP contribution in [0.15, 0.2) is 0 Å². The quantitative estimate of drug-likeness (QED) is 0.548. The molecule has 1 saturated carbocycles. The Kier molecular flexibility index (Phi) is 2.36. The van der Waals surface area contributed by atoms with Crippen LogP contribution in [-0.4, -0.2) is 17.6 Å². The Morgan fingerprint density at radius 2 is 2.08 bits per heavy atom. The van der Waals surface area contributed by atoms with Gasteiger partial charge in [-0.3, -0.25) is 0 Å². The van der Waals surface area contributed by atoms with Crippen molar-refractivity contribution in [3.05, 3.63) is 0 Å². The molecule has 0 aromatic heterocycles. The molecule has 2 fully saturated rings. The summed E-state index contributed by atoms with van der Waals surface area (Å²) in [6, 6.07) is 0. The van der Waals surface area contributed by atoms with E-state index in [0.717, 1.165) is 19.4 Å². The largest absolute Gasteiger partial charge is 0.375 e. The van der Waals surface area contributed by atoms with Gasteiger partial charge in [-0.1, -0.05) is 13.8 Å². The van der Waals surface area contributed by atoms with Gasteiger partial charge in [-0.25, -0.2) is 0 Å². The van der Waals surface area contributed by atoms with Crippen LogP contribution in [0.4, 0.5) is 0 Å². The molecule has 2 aliphatic rings. The van der Waals surface area contributed by atoms with Crippen molar-refractivity contribution < 1.29 is 4.74 Å². The second-order valence-electron chi connectivity index (χ2n) is 5.46. The molecular weight excluding hydrogens is 184 g/mol. The molecule has 0 bridgehead atoms. The van der Waals surface area contributed by atoms with E-state index in [1.807, 2.05) is 0 Å². The van der Waals surface area contributed by atoms with Crippen LogP contribution in [0.2, 0.25) is 0 Å². The Morgan fingerprint density at radius 3 is 2.62 bits per heavy atom. The molecule has 1 spiro atoms. The highest BCUT2D eigenvalue weighted by atomic mass is 35.5. The highest BCUT2D eigenvalue weighted by molar-refractivity contribution is 6.20. The minimum Gasteiger partial charge on any atom is -0.375 e. The smallest absolute Gasteiger partial charge is 0.0701 e. The molecule has 1 saturated heterocycles. The number of hydrogen-bond acceptors (Lipinski definition) is 1. The Morgan fingerprint density at radius 1 is 1.31 bits per heavy atom. The number of ether oxygens (including phenoxy) is 1. The summed E-state index contributed by atoms with van der Waals surface area (Å²) in [6.45, 7) is 5.54. The predicted molar refractivity (Wildman–Crippen MR) is 55.2 cm³/mol. The molecule has 1 nitrogen and oxygen atoms in total. The minimum absolute atomic E-state index is 0.147. The molecule has 0 N–H and O–H groups in total. The zero-order valence-corrected chi connectivity index (χ0v) is 9.36. The van der Waals surface area contributed by atoms with Crippen LogP contribution in [0.25, 0.3) is 0 Å². The maximum atomic E-state index is 6.20. The summed E-state index contributed by atoms with van der Waals surface area (Å²) in [5.74, 6) is 0. The molecule has 2 heteroatoms. The third kappa shape index (κ3) is 2.02. The molecular formula is C11H19ClO. The van der Waals surface area contributed by atoms with Crippen LogP contribution >= 0.6 is 11.6 Å². The minimum atomic E-state index is 0.147. The lowest BCUT2D eigenvalue weighted by atomic mass is 9.86. The Labute approximate surface area is 85.8 Å². The van der Waals surface area contributed by atoms with Crippen molar-refractivity contribution in [1.82, 2.24) is 0 Å². The summed E-state index contributed by atoms with van der Waals surface area (Å²) in [7, 11) is 0. The topological polar surface area (TPSA) is 9.23 Å². The average molecular weight is 203 g/mol. The average Bonchev–Trinajstić information content (AvgIpc) is 2.26. The Bertz CT molecular complexity index is 202. The fourth-order valence-electron chi connectivity index (χ4n) is 2.88. The first-order valence-corrected chi connectivity index (χ1v) is 5.73. The summed E-state index contributed by atoms with van der Waals surface area (Å²) < 4.78 is 5.95. The predicted octanol–water partition coefficient (Wildman–Crippen LogP) is 3.35. The van der Waals surface area contributed by atoms with E-state index in [-0.39, 0.29) is 5.60 Å². The molecule has 2 rings (SSSR count). The van der Waals surface area contributed by atoms with Crippen LogP contribution in [-0.2, 0) is 4.74 Å². The fraction of sp³-hybridized carbons (Fsp3) is 1.00. The third-order valence-corrected chi connectivity index (χ3v) is 3.86. The van der Waals surface area contributed by atoms with Gasteiger partial charge in [0.25, 0.3) is 0 Å². The SMILES string of the molecule is CC1(C)CCC2(CC(Cl)CCO2)C1. The van der Waals surface area contributed by atoms with Crippen LogP contribution < -0.4 is 0 Å². The second-order valence-corrected chi connectivity index (χ2v) is 6.08. The molecule has 13 heavy (non-hydrogen) atoms. The number of halogens is 1. The van der Waals surface area contributed by atoms with Gasteiger partial charge >= 0.3 is 0 Å². The maximum Gasteiger partial charge on any atom is 0.0701 e. The van der Waals surface area contributed by atoms with Crippen LogP contribution in [0.5, 0.6) is 0 Å². The zero-order chi connectivity index (χ0) is 9.53. The van der Waals surface area contributed by atoms with Crippen LogP contribution in [0.1, 0.15) is 46.0 Å². The van der Waals surface area contributed by atoms with Crippen molar-refractivity contribution in [2.75, 3.05) is 6.61 Å². The number of rotatable bonds is 0. The van der Waals surface area contributed by atoms with Gasteiger partial charge in [0.15, 0.2) is 0 Å². The van der Waals surface area contributed by atoms with Gasteiger partial charge in [0.2, 0.25) is 0 Å². The van der Waals surface area contributed by atoms with E-state index in [1.165, 1.54) is 19.3 Å². The molecule has 0 aromatic carbocycles.